The monoisotopic (exact) mass is 401 g/mol. The van der Waals surface area contributed by atoms with Crippen LogP contribution in [0, 0.1) is 25.2 Å². The van der Waals surface area contributed by atoms with E-state index in [9.17, 15) is 9.59 Å². The Labute approximate surface area is 175 Å². The Morgan fingerprint density at radius 2 is 1.83 bits per heavy atom. The lowest BCUT2D eigenvalue weighted by atomic mass is 10.2. The fourth-order valence-electron chi connectivity index (χ4n) is 3.21. The van der Waals surface area contributed by atoms with E-state index in [2.05, 4.69) is 5.32 Å². The van der Waals surface area contributed by atoms with Gasteiger partial charge in [0, 0.05) is 23.6 Å². The number of aromatic nitrogens is 1. The molecule has 0 radical (unpaired) electrons. The SMILES string of the molecule is Cc1cc(C(=O)O[C@H](C)C(=O)Nc2cccc(C#N)c2)c(C)n1Cc1ccccc1. The quantitative estimate of drug-likeness (QED) is 0.627. The Kier molecular flexibility index (Phi) is 6.33. The lowest BCUT2D eigenvalue weighted by molar-refractivity contribution is -0.123. The molecule has 0 saturated carbocycles. The van der Waals surface area contributed by atoms with E-state index in [1.807, 2.05) is 54.8 Å². The van der Waals surface area contributed by atoms with E-state index in [0.29, 0.717) is 23.4 Å². The van der Waals surface area contributed by atoms with Gasteiger partial charge in [0.15, 0.2) is 6.10 Å². The number of carbonyl (C=O) groups is 2. The van der Waals surface area contributed by atoms with Gasteiger partial charge in [-0.1, -0.05) is 36.4 Å². The van der Waals surface area contributed by atoms with Gasteiger partial charge in [-0.2, -0.15) is 5.26 Å². The highest BCUT2D eigenvalue weighted by molar-refractivity contribution is 5.97. The summed E-state index contributed by atoms with van der Waals surface area (Å²) in [6.45, 7) is 5.97. The molecular weight excluding hydrogens is 378 g/mol. The molecule has 2 aromatic carbocycles. The van der Waals surface area contributed by atoms with Crippen molar-refractivity contribution in [3.63, 3.8) is 0 Å². The van der Waals surface area contributed by atoms with E-state index >= 15 is 0 Å². The number of nitriles is 1. The minimum atomic E-state index is -0.986. The van der Waals surface area contributed by atoms with Gasteiger partial charge in [0.1, 0.15) is 0 Å². The third-order valence-corrected chi connectivity index (χ3v) is 4.89. The largest absolute Gasteiger partial charge is 0.449 e. The lowest BCUT2D eigenvalue weighted by Crippen LogP contribution is -2.30. The van der Waals surface area contributed by atoms with Gasteiger partial charge < -0.3 is 14.6 Å². The molecule has 0 fully saturated rings. The standard InChI is InChI=1S/C24H23N3O3/c1-16-12-22(17(2)27(16)15-19-8-5-4-6-9-19)24(29)30-18(3)23(28)26-21-11-7-10-20(13-21)14-25/h4-13,18H,15H2,1-3H3,(H,26,28)/t18-/m1/s1. The minimum absolute atomic E-state index is 0.434. The molecule has 0 saturated heterocycles. The van der Waals surface area contributed by atoms with Crippen LogP contribution in [0.2, 0.25) is 0 Å². The maximum absolute atomic E-state index is 12.7. The minimum Gasteiger partial charge on any atom is -0.449 e. The summed E-state index contributed by atoms with van der Waals surface area (Å²) in [5.41, 5.74) is 4.21. The molecule has 0 aliphatic heterocycles. The summed E-state index contributed by atoms with van der Waals surface area (Å²) >= 11 is 0. The Morgan fingerprint density at radius 3 is 2.53 bits per heavy atom. The highest BCUT2D eigenvalue weighted by Gasteiger charge is 2.23. The first kappa shape index (κ1) is 20.9. The van der Waals surface area contributed by atoms with Gasteiger partial charge in [-0.25, -0.2) is 4.79 Å². The molecule has 3 rings (SSSR count). The maximum atomic E-state index is 12.7. The molecule has 1 atom stereocenters. The normalized spacial score (nSPS) is 11.4. The molecule has 0 bridgehead atoms. The Balaban J connectivity index is 1.68. The Morgan fingerprint density at radius 1 is 1.10 bits per heavy atom. The topological polar surface area (TPSA) is 84.1 Å². The van der Waals surface area contributed by atoms with Crippen LogP contribution in [-0.2, 0) is 16.1 Å². The van der Waals surface area contributed by atoms with Crippen molar-refractivity contribution < 1.29 is 14.3 Å². The first-order valence-electron chi connectivity index (χ1n) is 9.61. The molecular formula is C24H23N3O3. The third-order valence-electron chi connectivity index (χ3n) is 4.89. The van der Waals surface area contributed by atoms with Crippen LogP contribution in [0.15, 0.2) is 60.7 Å². The molecule has 1 heterocycles. The van der Waals surface area contributed by atoms with E-state index in [1.54, 1.807) is 30.3 Å². The van der Waals surface area contributed by atoms with Gasteiger partial charge in [0.2, 0.25) is 0 Å². The van der Waals surface area contributed by atoms with E-state index in [-0.39, 0.29) is 0 Å². The first-order chi connectivity index (χ1) is 14.4. The molecule has 0 unspecified atom stereocenters. The summed E-state index contributed by atoms with van der Waals surface area (Å²) in [5.74, 6) is -1.01. The second kappa shape index (κ2) is 9.10. The number of anilines is 1. The van der Waals surface area contributed by atoms with Crippen LogP contribution in [0.5, 0.6) is 0 Å². The van der Waals surface area contributed by atoms with Crippen molar-refractivity contribution in [1.29, 1.82) is 5.26 Å². The van der Waals surface area contributed by atoms with Crippen molar-refractivity contribution in [3.05, 3.63) is 88.7 Å². The third kappa shape index (κ3) is 4.76. The van der Waals surface area contributed by atoms with Gasteiger partial charge in [-0.3, -0.25) is 4.79 Å². The average molecular weight is 401 g/mol. The summed E-state index contributed by atoms with van der Waals surface area (Å²) < 4.78 is 7.44. The zero-order valence-electron chi connectivity index (χ0n) is 17.2. The number of benzene rings is 2. The van der Waals surface area contributed by atoms with E-state index in [4.69, 9.17) is 10.00 Å². The summed E-state index contributed by atoms with van der Waals surface area (Å²) in [7, 11) is 0. The number of aryl methyl sites for hydroxylation is 1. The van der Waals surface area contributed by atoms with E-state index in [0.717, 1.165) is 17.0 Å². The van der Waals surface area contributed by atoms with Crippen molar-refractivity contribution in [3.8, 4) is 6.07 Å². The number of hydrogen-bond donors (Lipinski definition) is 1. The van der Waals surface area contributed by atoms with Crippen LogP contribution in [0.4, 0.5) is 5.69 Å². The summed E-state index contributed by atoms with van der Waals surface area (Å²) in [5, 5.41) is 11.6. The van der Waals surface area contributed by atoms with Crippen LogP contribution in [0.3, 0.4) is 0 Å². The molecule has 152 valence electrons. The first-order valence-corrected chi connectivity index (χ1v) is 9.61. The van der Waals surface area contributed by atoms with Crippen LogP contribution in [0.25, 0.3) is 0 Å². The maximum Gasteiger partial charge on any atom is 0.340 e. The van der Waals surface area contributed by atoms with Crippen LogP contribution in [-0.4, -0.2) is 22.5 Å². The predicted octanol–water partition coefficient (Wildman–Crippen LogP) is 4.21. The summed E-state index contributed by atoms with van der Waals surface area (Å²) in [6, 6.07) is 20.3. The lowest BCUT2D eigenvalue weighted by Gasteiger charge is -2.14. The van der Waals surface area contributed by atoms with Crippen molar-refractivity contribution in [2.45, 2.75) is 33.4 Å². The molecule has 0 spiro atoms. The molecule has 1 N–H and O–H groups in total. The number of carbonyl (C=O) groups excluding carboxylic acids is 2. The highest BCUT2D eigenvalue weighted by atomic mass is 16.5. The zero-order chi connectivity index (χ0) is 21.7. The molecule has 30 heavy (non-hydrogen) atoms. The highest BCUT2D eigenvalue weighted by Crippen LogP contribution is 2.19. The molecule has 6 heteroatoms. The molecule has 0 aliphatic rings. The van der Waals surface area contributed by atoms with Crippen molar-refractivity contribution in [2.75, 3.05) is 5.32 Å². The molecule has 0 aliphatic carbocycles. The molecule has 1 amide bonds. The Hall–Kier alpha value is -3.85. The van der Waals surface area contributed by atoms with Gasteiger partial charge in [0.25, 0.3) is 5.91 Å². The zero-order valence-corrected chi connectivity index (χ0v) is 17.2. The summed E-state index contributed by atoms with van der Waals surface area (Å²) in [4.78, 5) is 25.1. The van der Waals surface area contributed by atoms with Gasteiger partial charge >= 0.3 is 5.97 Å². The second-order valence-electron chi connectivity index (χ2n) is 7.09. The Bertz CT molecular complexity index is 1110. The van der Waals surface area contributed by atoms with Crippen LogP contribution < -0.4 is 5.32 Å². The fraction of sp³-hybridized carbons (Fsp3) is 0.208. The predicted molar refractivity (Wildman–Crippen MR) is 114 cm³/mol. The van der Waals surface area contributed by atoms with Crippen molar-refractivity contribution in [1.82, 2.24) is 4.57 Å². The fourth-order valence-corrected chi connectivity index (χ4v) is 3.21. The van der Waals surface area contributed by atoms with E-state index < -0.39 is 18.0 Å². The van der Waals surface area contributed by atoms with Crippen LogP contribution in [0.1, 0.15) is 39.8 Å². The number of nitrogens with zero attached hydrogens (tertiary/aromatic N) is 2. The molecule has 6 nitrogen and oxygen atoms in total. The molecule has 3 aromatic rings. The summed E-state index contributed by atoms with van der Waals surface area (Å²) in [6.07, 6.45) is -0.986. The number of amides is 1. The average Bonchev–Trinajstić information content (AvgIpc) is 3.03. The number of rotatable bonds is 6. The molecule has 1 aromatic heterocycles. The smallest absolute Gasteiger partial charge is 0.340 e. The number of esters is 1. The van der Waals surface area contributed by atoms with Crippen molar-refractivity contribution in [2.24, 2.45) is 0 Å². The number of nitrogens with one attached hydrogen (secondary N) is 1. The van der Waals surface area contributed by atoms with E-state index in [1.165, 1.54) is 6.92 Å². The van der Waals surface area contributed by atoms with Crippen LogP contribution >= 0.6 is 0 Å². The second-order valence-corrected chi connectivity index (χ2v) is 7.09. The van der Waals surface area contributed by atoms with Gasteiger partial charge in [0.05, 0.1) is 17.2 Å². The number of ether oxygens (including phenoxy) is 1. The van der Waals surface area contributed by atoms with Crippen molar-refractivity contribution >= 4 is 17.6 Å². The number of hydrogen-bond acceptors (Lipinski definition) is 4. The van der Waals surface area contributed by atoms with Gasteiger partial charge in [-0.05, 0) is 50.6 Å². The van der Waals surface area contributed by atoms with Gasteiger partial charge in [-0.15, -0.1) is 0 Å².